The Morgan fingerprint density at radius 3 is 1.84 bits per heavy atom. The van der Waals surface area contributed by atoms with Crippen LogP contribution in [0.4, 0.5) is 0 Å². The molecule has 0 fully saturated rings. The van der Waals surface area contributed by atoms with Gasteiger partial charge in [0.15, 0.2) is 18.1 Å². The number of esters is 2. The third kappa shape index (κ3) is 5.83. The molecule has 0 aliphatic heterocycles. The van der Waals surface area contributed by atoms with Crippen molar-refractivity contribution in [1.29, 1.82) is 0 Å². The molecule has 8 nitrogen and oxygen atoms in total. The number of Topliss-reactive ketones (excluding diaryl/α,β-unsaturated/α-hetero) is 1. The third-order valence-electron chi connectivity index (χ3n) is 2.97. The molecular weight excluding hydrogens is 332 g/mol. The normalized spacial score (nSPS) is 10.2. The minimum Gasteiger partial charge on any atom is -0.493 e. The summed E-state index contributed by atoms with van der Waals surface area (Å²) in [4.78, 5) is 34.8. The molecule has 0 aliphatic carbocycles. The highest BCUT2D eigenvalue weighted by atomic mass is 16.5. The summed E-state index contributed by atoms with van der Waals surface area (Å²) in [5.74, 6) is -1.03. The van der Waals surface area contributed by atoms with Gasteiger partial charge in [0.1, 0.15) is 0 Å². The Morgan fingerprint density at radius 1 is 0.880 bits per heavy atom. The Labute approximate surface area is 145 Å². The zero-order valence-corrected chi connectivity index (χ0v) is 14.5. The number of carbonyl (C=O) groups excluding carboxylic acids is 3. The molecule has 0 aliphatic rings. The van der Waals surface area contributed by atoms with Crippen LogP contribution in [-0.2, 0) is 19.1 Å². The van der Waals surface area contributed by atoms with E-state index in [1.165, 1.54) is 33.5 Å². The van der Waals surface area contributed by atoms with E-state index < -0.39 is 24.3 Å². The van der Waals surface area contributed by atoms with Crippen LogP contribution in [0.2, 0.25) is 0 Å². The van der Waals surface area contributed by atoms with Crippen molar-refractivity contribution in [2.24, 2.45) is 0 Å². The fraction of sp³-hybridized carbons (Fsp3) is 0.353. The maximum Gasteiger partial charge on any atom is 0.331 e. The maximum absolute atomic E-state index is 12.2. The molecule has 0 unspecified atom stereocenters. The van der Waals surface area contributed by atoms with Gasteiger partial charge >= 0.3 is 11.9 Å². The first-order valence-corrected chi connectivity index (χ1v) is 7.31. The Bertz CT molecular complexity index is 638. The van der Waals surface area contributed by atoms with Crippen LogP contribution in [0.1, 0.15) is 17.3 Å². The van der Waals surface area contributed by atoms with Crippen molar-refractivity contribution in [3.8, 4) is 17.2 Å². The van der Waals surface area contributed by atoms with E-state index in [1.807, 2.05) is 0 Å². The summed E-state index contributed by atoms with van der Waals surface area (Å²) in [6.45, 7) is 1.32. The quantitative estimate of drug-likeness (QED) is 0.375. The second kappa shape index (κ2) is 9.96. The van der Waals surface area contributed by atoms with Gasteiger partial charge in [-0.05, 0) is 19.1 Å². The van der Waals surface area contributed by atoms with Crippen LogP contribution in [0, 0.1) is 0 Å². The third-order valence-corrected chi connectivity index (χ3v) is 2.97. The zero-order valence-electron chi connectivity index (χ0n) is 14.5. The first-order valence-electron chi connectivity index (χ1n) is 7.31. The van der Waals surface area contributed by atoms with Crippen molar-refractivity contribution in [3.63, 3.8) is 0 Å². The highest BCUT2D eigenvalue weighted by Crippen LogP contribution is 2.38. The number of hydrogen-bond acceptors (Lipinski definition) is 8. The second-order valence-corrected chi connectivity index (χ2v) is 4.53. The van der Waals surface area contributed by atoms with Crippen molar-refractivity contribution in [3.05, 3.63) is 29.8 Å². The number of ether oxygens (including phenoxy) is 5. The average molecular weight is 352 g/mol. The molecule has 0 saturated heterocycles. The molecule has 0 spiro atoms. The summed E-state index contributed by atoms with van der Waals surface area (Å²) in [6, 6.07) is 2.90. The summed E-state index contributed by atoms with van der Waals surface area (Å²) in [5.41, 5.74) is 0.219. The molecule has 1 aromatic rings. The van der Waals surface area contributed by atoms with Crippen molar-refractivity contribution in [2.45, 2.75) is 6.92 Å². The van der Waals surface area contributed by atoms with Crippen molar-refractivity contribution in [2.75, 3.05) is 34.5 Å². The summed E-state index contributed by atoms with van der Waals surface area (Å²) in [7, 11) is 4.29. The van der Waals surface area contributed by atoms with E-state index in [1.54, 1.807) is 6.92 Å². The lowest BCUT2D eigenvalue weighted by atomic mass is 10.1. The molecule has 0 heterocycles. The molecule has 0 saturated carbocycles. The Morgan fingerprint density at radius 2 is 1.40 bits per heavy atom. The summed E-state index contributed by atoms with van der Waals surface area (Å²) in [5, 5.41) is 0. The minimum atomic E-state index is -0.839. The van der Waals surface area contributed by atoms with E-state index in [0.29, 0.717) is 17.2 Å². The van der Waals surface area contributed by atoms with Crippen LogP contribution < -0.4 is 14.2 Å². The van der Waals surface area contributed by atoms with E-state index >= 15 is 0 Å². The Balaban J connectivity index is 2.78. The standard InChI is InChI=1S/C17H20O8/c1-5-24-15(19)6-7-16(20)25-10-12(18)11-8-13(21-2)17(23-4)14(9-11)22-3/h6-9H,5,10H2,1-4H3/b7-6+. The fourth-order valence-corrected chi connectivity index (χ4v) is 1.84. The molecule has 25 heavy (non-hydrogen) atoms. The zero-order chi connectivity index (χ0) is 18.8. The monoisotopic (exact) mass is 352 g/mol. The topological polar surface area (TPSA) is 97.4 Å². The van der Waals surface area contributed by atoms with Crippen LogP contribution in [0.25, 0.3) is 0 Å². The van der Waals surface area contributed by atoms with E-state index in [2.05, 4.69) is 4.74 Å². The molecule has 0 amide bonds. The van der Waals surface area contributed by atoms with Crippen LogP contribution in [0.3, 0.4) is 0 Å². The van der Waals surface area contributed by atoms with Gasteiger partial charge in [0, 0.05) is 17.7 Å². The van der Waals surface area contributed by atoms with Crippen LogP contribution >= 0.6 is 0 Å². The van der Waals surface area contributed by atoms with Gasteiger partial charge < -0.3 is 23.7 Å². The van der Waals surface area contributed by atoms with Gasteiger partial charge in [-0.1, -0.05) is 0 Å². The van der Waals surface area contributed by atoms with Crippen molar-refractivity contribution < 1.29 is 38.1 Å². The number of rotatable bonds is 9. The molecule has 0 atom stereocenters. The lowest BCUT2D eigenvalue weighted by Gasteiger charge is -2.13. The van der Waals surface area contributed by atoms with Gasteiger partial charge in [0.2, 0.25) is 11.5 Å². The number of carbonyl (C=O) groups is 3. The van der Waals surface area contributed by atoms with E-state index in [-0.39, 0.29) is 12.2 Å². The van der Waals surface area contributed by atoms with Crippen molar-refractivity contribution >= 4 is 17.7 Å². The lowest BCUT2D eigenvalue weighted by Crippen LogP contribution is -2.13. The molecule has 0 N–H and O–H groups in total. The molecule has 0 aromatic heterocycles. The first kappa shape index (κ1) is 20.0. The van der Waals surface area contributed by atoms with Gasteiger partial charge in [-0.2, -0.15) is 0 Å². The number of ketones is 1. The van der Waals surface area contributed by atoms with Crippen LogP contribution in [0.15, 0.2) is 24.3 Å². The van der Waals surface area contributed by atoms with Gasteiger partial charge in [0.05, 0.1) is 27.9 Å². The number of hydrogen-bond donors (Lipinski definition) is 0. The van der Waals surface area contributed by atoms with Crippen LogP contribution in [0.5, 0.6) is 17.2 Å². The SMILES string of the molecule is CCOC(=O)/C=C/C(=O)OCC(=O)c1cc(OC)c(OC)c(OC)c1. The molecule has 8 heteroatoms. The predicted molar refractivity (Wildman–Crippen MR) is 87.2 cm³/mol. The Hall–Kier alpha value is -3.03. The highest BCUT2D eigenvalue weighted by molar-refractivity contribution is 6.00. The van der Waals surface area contributed by atoms with E-state index in [4.69, 9.17) is 18.9 Å². The molecule has 0 bridgehead atoms. The molecule has 0 radical (unpaired) electrons. The molecule has 1 rings (SSSR count). The molecular formula is C17H20O8. The minimum absolute atomic E-state index is 0.192. The smallest absolute Gasteiger partial charge is 0.331 e. The average Bonchev–Trinajstić information content (AvgIpc) is 2.63. The molecule has 1 aromatic carbocycles. The van der Waals surface area contributed by atoms with E-state index in [0.717, 1.165) is 12.2 Å². The van der Waals surface area contributed by atoms with Gasteiger partial charge in [-0.3, -0.25) is 4.79 Å². The number of benzene rings is 1. The van der Waals surface area contributed by atoms with Crippen molar-refractivity contribution in [1.82, 2.24) is 0 Å². The first-order chi connectivity index (χ1) is 12.0. The summed E-state index contributed by atoms with van der Waals surface area (Å²) in [6.07, 6.45) is 1.82. The summed E-state index contributed by atoms with van der Waals surface area (Å²) >= 11 is 0. The second-order valence-electron chi connectivity index (χ2n) is 4.53. The van der Waals surface area contributed by atoms with E-state index in [9.17, 15) is 14.4 Å². The highest BCUT2D eigenvalue weighted by Gasteiger charge is 2.17. The van der Waals surface area contributed by atoms with Gasteiger partial charge in [-0.15, -0.1) is 0 Å². The van der Waals surface area contributed by atoms with Gasteiger partial charge in [0.25, 0.3) is 0 Å². The maximum atomic E-state index is 12.2. The largest absolute Gasteiger partial charge is 0.493 e. The number of methoxy groups -OCH3 is 3. The summed E-state index contributed by atoms with van der Waals surface area (Å²) < 4.78 is 24.9. The Kier molecular flexibility index (Phi) is 7.98. The fourth-order valence-electron chi connectivity index (χ4n) is 1.84. The lowest BCUT2D eigenvalue weighted by molar-refractivity contribution is -0.139. The molecule has 136 valence electrons. The van der Waals surface area contributed by atoms with Gasteiger partial charge in [-0.25, -0.2) is 9.59 Å². The predicted octanol–water partition coefficient (Wildman–Crippen LogP) is 1.56. The van der Waals surface area contributed by atoms with Crippen LogP contribution in [-0.4, -0.2) is 52.3 Å².